The van der Waals surface area contributed by atoms with Crippen molar-refractivity contribution in [3.8, 4) is 0 Å². The lowest BCUT2D eigenvalue weighted by molar-refractivity contribution is 0.558. The van der Waals surface area contributed by atoms with E-state index in [-0.39, 0.29) is 0 Å². The van der Waals surface area contributed by atoms with Gasteiger partial charge in [0.15, 0.2) is 0 Å². The molecule has 0 bridgehead atoms. The zero-order valence-corrected chi connectivity index (χ0v) is 4.71. The molecule has 2 N–H and O–H groups in total. The average Bonchev–Trinajstić information content (AvgIpc) is 1.90. The molecule has 0 unspecified atom stereocenters. The molecule has 4 heteroatoms. The molecule has 1 rings (SSSR count). The van der Waals surface area contributed by atoms with E-state index in [1.54, 1.807) is 0 Å². The van der Waals surface area contributed by atoms with Gasteiger partial charge in [0.05, 0.1) is 5.69 Å². The van der Waals surface area contributed by atoms with Crippen LogP contribution in [0.15, 0.2) is 12.1 Å². The summed E-state index contributed by atoms with van der Waals surface area (Å²) >= 11 is 0. The fourth-order valence-electron chi connectivity index (χ4n) is 0.452. The summed E-state index contributed by atoms with van der Waals surface area (Å²) in [4.78, 5) is 0. The molecule has 1 heterocycles. The molecule has 0 radical (unpaired) electrons. The Morgan fingerprint density at radius 3 is 2.67 bits per heavy atom. The second-order valence-electron chi connectivity index (χ2n) is 1.55. The van der Waals surface area contributed by atoms with Gasteiger partial charge in [-0.25, -0.2) is 0 Å². The lowest BCUT2D eigenvalue weighted by Crippen LogP contribution is -2.01. The van der Waals surface area contributed by atoms with Gasteiger partial charge in [0.25, 0.3) is 0 Å². The fourth-order valence-corrected chi connectivity index (χ4v) is 0.452. The van der Waals surface area contributed by atoms with Crippen molar-refractivity contribution in [3.05, 3.63) is 23.8 Å². The molecule has 0 aliphatic carbocycles. The van der Waals surface area contributed by atoms with Gasteiger partial charge in [0.1, 0.15) is 0 Å². The third kappa shape index (κ3) is 1.43. The molecule has 1 aromatic heterocycles. The van der Waals surface area contributed by atoms with E-state index in [0.717, 1.165) is 0 Å². The monoisotopic (exact) mass is 127 g/mol. The Balaban J connectivity index is 2.88. The van der Waals surface area contributed by atoms with Crippen LogP contribution in [-0.2, 0) is 6.54 Å². The minimum absolute atomic E-state index is 0.299. The summed E-state index contributed by atoms with van der Waals surface area (Å²) in [5, 5.41) is 6.60. The van der Waals surface area contributed by atoms with Gasteiger partial charge in [-0.3, -0.25) is 0 Å². The molecule has 0 aliphatic rings. The summed E-state index contributed by atoms with van der Waals surface area (Å²) < 4.78 is 12.0. The first-order valence-electron chi connectivity index (χ1n) is 2.51. The summed E-state index contributed by atoms with van der Waals surface area (Å²) in [6.07, 6.45) is 0. The van der Waals surface area contributed by atoms with Crippen molar-refractivity contribution in [2.75, 3.05) is 0 Å². The minimum atomic E-state index is -0.577. The van der Waals surface area contributed by atoms with E-state index in [1.807, 2.05) is 0 Å². The summed E-state index contributed by atoms with van der Waals surface area (Å²) in [6, 6.07) is 2.73. The van der Waals surface area contributed by atoms with Crippen molar-refractivity contribution in [2.45, 2.75) is 6.54 Å². The van der Waals surface area contributed by atoms with Gasteiger partial charge in [-0.15, -0.1) is 5.10 Å². The Morgan fingerprint density at radius 2 is 2.22 bits per heavy atom. The maximum absolute atomic E-state index is 12.0. The van der Waals surface area contributed by atoms with E-state index in [1.165, 1.54) is 12.1 Å². The topological polar surface area (TPSA) is 51.8 Å². The van der Waals surface area contributed by atoms with Crippen molar-refractivity contribution >= 4 is 0 Å². The van der Waals surface area contributed by atoms with Crippen LogP contribution in [-0.4, -0.2) is 10.2 Å². The number of halogens is 1. The molecule has 0 spiro atoms. The number of aromatic nitrogens is 2. The van der Waals surface area contributed by atoms with Gasteiger partial charge in [0, 0.05) is 6.54 Å². The second-order valence-corrected chi connectivity index (χ2v) is 1.55. The molecule has 0 aromatic carbocycles. The molecule has 9 heavy (non-hydrogen) atoms. The van der Waals surface area contributed by atoms with E-state index in [4.69, 9.17) is 5.73 Å². The Kier molecular flexibility index (Phi) is 1.69. The molecule has 1 aromatic rings. The summed E-state index contributed by atoms with van der Waals surface area (Å²) in [5.74, 6) is -0.577. The van der Waals surface area contributed by atoms with Crippen LogP contribution in [0.3, 0.4) is 0 Å². The van der Waals surface area contributed by atoms with Crippen molar-refractivity contribution in [1.29, 1.82) is 0 Å². The lowest BCUT2D eigenvalue weighted by atomic mass is 10.4. The minimum Gasteiger partial charge on any atom is -0.325 e. The first-order chi connectivity index (χ1) is 4.33. The third-order valence-corrected chi connectivity index (χ3v) is 0.896. The van der Waals surface area contributed by atoms with Crippen LogP contribution in [0.2, 0.25) is 0 Å². The van der Waals surface area contributed by atoms with Gasteiger partial charge >= 0.3 is 0 Å². The van der Waals surface area contributed by atoms with Crippen molar-refractivity contribution in [3.63, 3.8) is 0 Å². The molecule has 48 valence electrons. The predicted molar refractivity (Wildman–Crippen MR) is 29.9 cm³/mol. The van der Waals surface area contributed by atoms with Gasteiger partial charge in [0.2, 0.25) is 5.95 Å². The Labute approximate surface area is 51.7 Å². The van der Waals surface area contributed by atoms with Gasteiger partial charge in [-0.2, -0.15) is 9.49 Å². The quantitative estimate of drug-likeness (QED) is 0.581. The van der Waals surface area contributed by atoms with Gasteiger partial charge in [-0.05, 0) is 12.1 Å². The predicted octanol–water partition coefficient (Wildman–Crippen LogP) is 0.0744. The van der Waals surface area contributed by atoms with E-state index >= 15 is 0 Å². The molecule has 0 amide bonds. The van der Waals surface area contributed by atoms with Crippen LogP contribution in [0.5, 0.6) is 0 Å². The molecule has 0 saturated heterocycles. The Hall–Kier alpha value is -1.03. The highest BCUT2D eigenvalue weighted by Crippen LogP contribution is 1.91. The van der Waals surface area contributed by atoms with Crippen LogP contribution >= 0.6 is 0 Å². The molecule has 0 fully saturated rings. The highest BCUT2D eigenvalue weighted by molar-refractivity contribution is 4.98. The van der Waals surface area contributed by atoms with E-state index in [2.05, 4.69) is 10.2 Å². The van der Waals surface area contributed by atoms with E-state index in [0.29, 0.717) is 12.2 Å². The smallest absolute Gasteiger partial charge is 0.233 e. The van der Waals surface area contributed by atoms with Crippen LogP contribution in [0.1, 0.15) is 5.69 Å². The van der Waals surface area contributed by atoms with Crippen LogP contribution in [0.4, 0.5) is 4.39 Å². The number of hydrogen-bond donors (Lipinski definition) is 1. The zero-order chi connectivity index (χ0) is 6.69. The number of nitrogens with two attached hydrogens (primary N) is 1. The second kappa shape index (κ2) is 2.50. The van der Waals surface area contributed by atoms with E-state index in [9.17, 15) is 4.39 Å². The summed E-state index contributed by atoms with van der Waals surface area (Å²) in [5.41, 5.74) is 5.77. The lowest BCUT2D eigenvalue weighted by Gasteiger charge is -1.89. The normalized spacial score (nSPS) is 9.56. The largest absolute Gasteiger partial charge is 0.325 e. The Bertz CT molecular complexity index is 184. The van der Waals surface area contributed by atoms with Gasteiger partial charge in [-0.1, -0.05) is 0 Å². The molecular weight excluding hydrogens is 121 g/mol. The maximum atomic E-state index is 12.0. The average molecular weight is 127 g/mol. The third-order valence-electron chi connectivity index (χ3n) is 0.896. The summed E-state index contributed by atoms with van der Waals surface area (Å²) in [6.45, 7) is 0.299. The molecular formula is C5H6FN3. The summed E-state index contributed by atoms with van der Waals surface area (Å²) in [7, 11) is 0. The highest BCUT2D eigenvalue weighted by Gasteiger charge is 1.91. The maximum Gasteiger partial charge on any atom is 0.233 e. The van der Waals surface area contributed by atoms with E-state index < -0.39 is 5.95 Å². The van der Waals surface area contributed by atoms with Crippen LogP contribution in [0, 0.1) is 5.95 Å². The number of rotatable bonds is 1. The van der Waals surface area contributed by atoms with Crippen molar-refractivity contribution in [2.24, 2.45) is 5.73 Å². The standard InChI is InChI=1S/C5H6FN3/c6-5-2-1-4(3-7)8-9-5/h1-2H,3,7H2. The highest BCUT2D eigenvalue weighted by atomic mass is 19.1. The van der Waals surface area contributed by atoms with Crippen LogP contribution in [0.25, 0.3) is 0 Å². The van der Waals surface area contributed by atoms with Crippen LogP contribution < -0.4 is 5.73 Å². The number of nitrogens with zero attached hydrogens (tertiary/aromatic N) is 2. The molecule has 0 atom stereocenters. The number of hydrogen-bond acceptors (Lipinski definition) is 3. The zero-order valence-electron chi connectivity index (χ0n) is 4.71. The fraction of sp³-hybridized carbons (Fsp3) is 0.200. The first-order valence-corrected chi connectivity index (χ1v) is 2.51. The molecule has 0 saturated carbocycles. The van der Waals surface area contributed by atoms with Gasteiger partial charge < -0.3 is 5.73 Å². The SMILES string of the molecule is NCc1ccc(F)nn1. The Morgan fingerprint density at radius 1 is 1.44 bits per heavy atom. The molecule has 0 aliphatic heterocycles. The first kappa shape index (κ1) is 6.10. The molecule has 3 nitrogen and oxygen atoms in total. The van der Waals surface area contributed by atoms with Crippen molar-refractivity contribution < 1.29 is 4.39 Å². The van der Waals surface area contributed by atoms with Crippen molar-refractivity contribution in [1.82, 2.24) is 10.2 Å².